The van der Waals surface area contributed by atoms with E-state index in [1.165, 1.54) is 17.7 Å². The number of unbranched alkanes of at least 4 members (excludes halogenated alkanes) is 3. The van der Waals surface area contributed by atoms with Gasteiger partial charge in [0.2, 0.25) is 0 Å². The number of aliphatic hydroxyl groups excluding tert-OH is 1. The highest BCUT2D eigenvalue weighted by molar-refractivity contribution is 5.73. The highest BCUT2D eigenvalue weighted by Gasteiger charge is 2.09. The van der Waals surface area contributed by atoms with Crippen LogP contribution >= 0.6 is 0 Å². The molecule has 0 aromatic carbocycles. The van der Waals surface area contributed by atoms with Crippen molar-refractivity contribution < 1.29 is 9.90 Å². The number of aliphatic hydroxyl groups is 1. The van der Waals surface area contributed by atoms with E-state index in [-0.39, 0.29) is 6.03 Å². The van der Waals surface area contributed by atoms with Crippen LogP contribution in [0.1, 0.15) is 39.5 Å². The number of urea groups is 1. The number of nitrogens with zero attached hydrogens (tertiary/aromatic N) is 1. The zero-order chi connectivity index (χ0) is 11.7. The van der Waals surface area contributed by atoms with Crippen LogP contribution in [0.2, 0.25) is 0 Å². The number of hydrogen-bond donors (Lipinski definition) is 2. The Morgan fingerprint density at radius 2 is 2.07 bits per heavy atom. The molecule has 2 amide bonds. The van der Waals surface area contributed by atoms with E-state index in [1.807, 2.05) is 0 Å². The number of rotatable bonds is 7. The molecule has 0 rings (SSSR count). The van der Waals surface area contributed by atoms with Gasteiger partial charge in [-0.05, 0) is 13.3 Å². The fraction of sp³-hybridized carbons (Fsp3) is 0.909. The lowest BCUT2D eigenvalue weighted by Gasteiger charge is -2.19. The Kier molecular flexibility index (Phi) is 8.09. The predicted octanol–water partition coefficient (Wildman–Crippen LogP) is 1.59. The maximum Gasteiger partial charge on any atom is 0.317 e. The standard InChI is InChI=1S/C11H24N2O2/c1-4-5-6-7-8-12-11(15)13(3)9-10(2)14/h10,14H,4-9H2,1-3H3,(H,12,15). The highest BCUT2D eigenvalue weighted by Crippen LogP contribution is 1.97. The second-order valence-corrected chi connectivity index (χ2v) is 4.02. The van der Waals surface area contributed by atoms with Gasteiger partial charge in [-0.15, -0.1) is 0 Å². The third-order valence-electron chi connectivity index (χ3n) is 2.19. The summed E-state index contributed by atoms with van der Waals surface area (Å²) in [5, 5.41) is 11.9. The Morgan fingerprint density at radius 1 is 1.40 bits per heavy atom. The molecule has 0 aromatic rings. The van der Waals surface area contributed by atoms with Crippen molar-refractivity contribution in [3.05, 3.63) is 0 Å². The van der Waals surface area contributed by atoms with Crippen molar-refractivity contribution in [2.24, 2.45) is 0 Å². The minimum Gasteiger partial charge on any atom is -0.392 e. The van der Waals surface area contributed by atoms with Gasteiger partial charge in [-0.1, -0.05) is 26.2 Å². The van der Waals surface area contributed by atoms with Crippen molar-refractivity contribution >= 4 is 6.03 Å². The van der Waals surface area contributed by atoms with Gasteiger partial charge in [0.05, 0.1) is 6.10 Å². The molecular weight excluding hydrogens is 192 g/mol. The topological polar surface area (TPSA) is 52.6 Å². The molecule has 0 heterocycles. The van der Waals surface area contributed by atoms with E-state index in [0.29, 0.717) is 6.54 Å². The van der Waals surface area contributed by atoms with Crippen LogP contribution in [-0.2, 0) is 0 Å². The number of carbonyl (C=O) groups is 1. The minimum atomic E-state index is -0.471. The summed E-state index contributed by atoms with van der Waals surface area (Å²) in [6.07, 6.45) is 4.15. The summed E-state index contributed by atoms with van der Waals surface area (Å²) in [5.41, 5.74) is 0. The Balaban J connectivity index is 3.47. The second kappa shape index (κ2) is 8.53. The molecule has 15 heavy (non-hydrogen) atoms. The average Bonchev–Trinajstić information content (AvgIpc) is 2.16. The van der Waals surface area contributed by atoms with Crippen molar-refractivity contribution in [2.75, 3.05) is 20.1 Å². The molecule has 0 aromatic heterocycles. The van der Waals surface area contributed by atoms with Gasteiger partial charge in [-0.25, -0.2) is 4.79 Å². The monoisotopic (exact) mass is 216 g/mol. The molecule has 4 nitrogen and oxygen atoms in total. The Bertz CT molecular complexity index is 172. The SMILES string of the molecule is CCCCCCNC(=O)N(C)CC(C)O. The lowest BCUT2D eigenvalue weighted by atomic mass is 10.2. The predicted molar refractivity (Wildman–Crippen MR) is 61.9 cm³/mol. The Morgan fingerprint density at radius 3 is 2.60 bits per heavy atom. The third-order valence-corrected chi connectivity index (χ3v) is 2.19. The molecule has 2 N–H and O–H groups in total. The summed E-state index contributed by atoms with van der Waals surface area (Å²) >= 11 is 0. The molecule has 0 bridgehead atoms. The molecule has 4 heteroatoms. The summed E-state index contributed by atoms with van der Waals surface area (Å²) in [5.74, 6) is 0. The fourth-order valence-electron chi connectivity index (χ4n) is 1.36. The molecule has 1 atom stereocenters. The van der Waals surface area contributed by atoms with Crippen molar-refractivity contribution in [3.63, 3.8) is 0 Å². The van der Waals surface area contributed by atoms with Crippen LogP contribution in [-0.4, -0.2) is 42.3 Å². The second-order valence-electron chi connectivity index (χ2n) is 4.02. The van der Waals surface area contributed by atoms with Gasteiger partial charge >= 0.3 is 6.03 Å². The van der Waals surface area contributed by atoms with Gasteiger partial charge in [0.1, 0.15) is 0 Å². The Labute approximate surface area is 92.7 Å². The maximum atomic E-state index is 11.4. The first-order chi connectivity index (χ1) is 7.07. The van der Waals surface area contributed by atoms with Gasteiger partial charge in [0.15, 0.2) is 0 Å². The quantitative estimate of drug-likeness (QED) is 0.635. The highest BCUT2D eigenvalue weighted by atomic mass is 16.3. The van der Waals surface area contributed by atoms with Crippen molar-refractivity contribution in [3.8, 4) is 0 Å². The molecule has 0 aliphatic heterocycles. The van der Waals surface area contributed by atoms with Crippen LogP contribution in [0.4, 0.5) is 4.79 Å². The Hall–Kier alpha value is -0.770. The molecule has 0 aliphatic carbocycles. The molecule has 1 unspecified atom stereocenters. The molecule has 0 fully saturated rings. The summed E-state index contributed by atoms with van der Waals surface area (Å²) in [6.45, 7) is 4.93. The molecule has 0 aliphatic rings. The fourth-order valence-corrected chi connectivity index (χ4v) is 1.36. The number of nitrogens with one attached hydrogen (secondary N) is 1. The first kappa shape index (κ1) is 14.2. The van der Waals surface area contributed by atoms with Crippen molar-refractivity contribution in [1.29, 1.82) is 0 Å². The van der Waals surface area contributed by atoms with E-state index in [0.717, 1.165) is 19.4 Å². The van der Waals surface area contributed by atoms with Crippen LogP contribution in [0.15, 0.2) is 0 Å². The van der Waals surface area contributed by atoms with E-state index in [9.17, 15) is 4.79 Å². The van der Waals surface area contributed by atoms with E-state index < -0.39 is 6.10 Å². The zero-order valence-corrected chi connectivity index (χ0v) is 10.1. The minimum absolute atomic E-state index is 0.104. The van der Waals surface area contributed by atoms with Crippen LogP contribution < -0.4 is 5.32 Å². The van der Waals surface area contributed by atoms with Crippen LogP contribution in [0, 0.1) is 0 Å². The molecule has 0 saturated heterocycles. The molecule has 0 spiro atoms. The van der Waals surface area contributed by atoms with E-state index in [4.69, 9.17) is 5.11 Å². The number of likely N-dealkylation sites (N-methyl/N-ethyl adjacent to an activating group) is 1. The van der Waals surface area contributed by atoms with Crippen LogP contribution in [0.3, 0.4) is 0 Å². The van der Waals surface area contributed by atoms with Gasteiger partial charge in [0.25, 0.3) is 0 Å². The smallest absolute Gasteiger partial charge is 0.317 e. The number of amides is 2. The first-order valence-corrected chi connectivity index (χ1v) is 5.75. The third kappa shape index (κ3) is 8.24. The largest absolute Gasteiger partial charge is 0.392 e. The number of hydrogen-bond acceptors (Lipinski definition) is 2. The number of carbonyl (C=O) groups excluding carboxylic acids is 1. The summed E-state index contributed by atoms with van der Waals surface area (Å²) in [7, 11) is 1.69. The molecule has 0 saturated carbocycles. The van der Waals surface area contributed by atoms with Crippen LogP contribution in [0.5, 0.6) is 0 Å². The summed E-state index contributed by atoms with van der Waals surface area (Å²) < 4.78 is 0. The van der Waals surface area contributed by atoms with Crippen LogP contribution in [0.25, 0.3) is 0 Å². The zero-order valence-electron chi connectivity index (χ0n) is 10.1. The van der Waals surface area contributed by atoms with Gasteiger partial charge in [0, 0.05) is 20.1 Å². The van der Waals surface area contributed by atoms with E-state index >= 15 is 0 Å². The van der Waals surface area contributed by atoms with Crippen molar-refractivity contribution in [1.82, 2.24) is 10.2 Å². The summed E-state index contributed by atoms with van der Waals surface area (Å²) in [4.78, 5) is 12.9. The maximum absolute atomic E-state index is 11.4. The molecule has 90 valence electrons. The lowest BCUT2D eigenvalue weighted by molar-refractivity contribution is 0.144. The average molecular weight is 216 g/mol. The first-order valence-electron chi connectivity index (χ1n) is 5.75. The van der Waals surface area contributed by atoms with Gasteiger partial charge in [-0.3, -0.25) is 0 Å². The normalized spacial score (nSPS) is 12.3. The van der Waals surface area contributed by atoms with E-state index in [1.54, 1.807) is 14.0 Å². The van der Waals surface area contributed by atoms with E-state index in [2.05, 4.69) is 12.2 Å². The molecule has 0 radical (unpaired) electrons. The summed E-state index contributed by atoms with van der Waals surface area (Å²) in [6, 6.07) is -0.104. The van der Waals surface area contributed by atoms with Gasteiger partial charge in [-0.2, -0.15) is 0 Å². The van der Waals surface area contributed by atoms with Crippen molar-refractivity contribution in [2.45, 2.75) is 45.6 Å². The lowest BCUT2D eigenvalue weighted by Crippen LogP contribution is -2.40. The molecular formula is C11H24N2O2. The van der Waals surface area contributed by atoms with Gasteiger partial charge < -0.3 is 15.3 Å².